The number of oxazole rings is 1. The Bertz CT molecular complexity index is 509. The third kappa shape index (κ3) is 2.41. The molecular weight excluding hydrogens is 272 g/mol. The van der Waals surface area contributed by atoms with Crippen molar-refractivity contribution in [1.29, 1.82) is 0 Å². The summed E-state index contributed by atoms with van der Waals surface area (Å²) < 4.78 is 5.21. The third-order valence-electron chi connectivity index (χ3n) is 2.43. The van der Waals surface area contributed by atoms with Crippen molar-refractivity contribution in [3.05, 3.63) is 30.2 Å². The van der Waals surface area contributed by atoms with Crippen LogP contribution in [0.15, 0.2) is 29.0 Å². The molecule has 1 heterocycles. The van der Waals surface area contributed by atoms with Gasteiger partial charge in [0.1, 0.15) is 5.52 Å². The number of halogens is 1. The number of carbonyl (C=O) groups is 1. The van der Waals surface area contributed by atoms with Gasteiger partial charge in [0.15, 0.2) is 12.0 Å². The highest BCUT2D eigenvalue weighted by atomic mass is 79.9. The molecule has 0 N–H and O–H groups in total. The van der Waals surface area contributed by atoms with Gasteiger partial charge in [-0.05, 0) is 24.1 Å². The molecule has 84 valence electrons. The summed E-state index contributed by atoms with van der Waals surface area (Å²) in [5.74, 6) is 0. The molecule has 1 aromatic carbocycles. The molecule has 2 rings (SSSR count). The smallest absolute Gasteiger partial charge is 0.289 e. The van der Waals surface area contributed by atoms with Crippen LogP contribution in [0.3, 0.4) is 0 Å². The predicted octanol–water partition coefficient (Wildman–Crippen LogP) is 2.82. The number of aromatic nitrogens is 1. The first-order valence-electron chi connectivity index (χ1n) is 4.89. The van der Waals surface area contributed by atoms with Gasteiger partial charge in [-0.25, -0.2) is 4.98 Å². The molecule has 0 saturated carbocycles. The summed E-state index contributed by atoms with van der Waals surface area (Å²) >= 11 is 2.91. The molecule has 0 fully saturated rings. The number of carbonyl (C=O) groups excluding carboxylic acids is 1. The Kier molecular flexibility index (Phi) is 3.24. The maximum Gasteiger partial charge on any atom is 0.289 e. The van der Waals surface area contributed by atoms with Crippen molar-refractivity contribution in [2.24, 2.45) is 0 Å². The zero-order valence-corrected chi connectivity index (χ0v) is 10.4. The summed E-state index contributed by atoms with van der Waals surface area (Å²) in [6.45, 7) is 0.670. The normalized spacial score (nSPS) is 10.6. The van der Waals surface area contributed by atoms with Crippen LogP contribution in [0.1, 0.15) is 5.56 Å². The molecule has 1 amide bonds. The van der Waals surface area contributed by atoms with Crippen molar-refractivity contribution in [3.63, 3.8) is 0 Å². The van der Waals surface area contributed by atoms with Crippen LogP contribution < -0.4 is 0 Å². The predicted molar refractivity (Wildman–Crippen MR) is 64.7 cm³/mol. The fourth-order valence-electron chi connectivity index (χ4n) is 1.44. The fourth-order valence-corrected chi connectivity index (χ4v) is 1.62. The van der Waals surface area contributed by atoms with Gasteiger partial charge in [-0.2, -0.15) is 0 Å². The molecule has 2 aromatic rings. The van der Waals surface area contributed by atoms with E-state index in [2.05, 4.69) is 20.9 Å². The molecule has 0 bridgehead atoms. The highest BCUT2D eigenvalue weighted by Gasteiger charge is 2.05. The van der Waals surface area contributed by atoms with Crippen molar-refractivity contribution < 1.29 is 9.21 Å². The molecule has 5 heteroatoms. The first kappa shape index (κ1) is 11.1. The van der Waals surface area contributed by atoms with Crippen LogP contribution >= 0.6 is 15.9 Å². The lowest BCUT2D eigenvalue weighted by Gasteiger charge is -2.12. The van der Waals surface area contributed by atoms with Gasteiger partial charge < -0.3 is 9.32 Å². The van der Waals surface area contributed by atoms with E-state index in [-0.39, 0.29) is 4.82 Å². The summed E-state index contributed by atoms with van der Waals surface area (Å²) in [4.78, 5) is 16.5. The van der Waals surface area contributed by atoms with E-state index in [1.165, 1.54) is 6.39 Å². The van der Waals surface area contributed by atoms with E-state index in [1.54, 1.807) is 11.9 Å². The first-order chi connectivity index (χ1) is 7.66. The highest BCUT2D eigenvalue weighted by molar-refractivity contribution is 9.18. The number of amides is 1. The number of rotatable bonds is 3. The minimum Gasteiger partial charge on any atom is -0.443 e. The van der Waals surface area contributed by atoms with Gasteiger partial charge in [0, 0.05) is 29.5 Å². The van der Waals surface area contributed by atoms with Gasteiger partial charge in [-0.3, -0.25) is 4.79 Å². The first-order valence-corrected chi connectivity index (χ1v) is 5.69. The minimum atomic E-state index is -0.103. The van der Waals surface area contributed by atoms with Crippen LogP contribution in [0.2, 0.25) is 0 Å². The van der Waals surface area contributed by atoms with E-state index >= 15 is 0 Å². The van der Waals surface area contributed by atoms with Crippen molar-refractivity contribution in [3.8, 4) is 0 Å². The molecule has 0 aliphatic carbocycles. The SMILES string of the molecule is CN(CCc1ccc2ncoc2c1)C(=O)Br. The van der Waals surface area contributed by atoms with Crippen LogP contribution in [-0.2, 0) is 6.42 Å². The van der Waals surface area contributed by atoms with E-state index in [1.807, 2.05) is 18.2 Å². The van der Waals surface area contributed by atoms with Crippen molar-refractivity contribution >= 4 is 31.8 Å². The van der Waals surface area contributed by atoms with Crippen molar-refractivity contribution in [2.45, 2.75) is 6.42 Å². The number of benzene rings is 1. The van der Waals surface area contributed by atoms with Gasteiger partial charge in [-0.1, -0.05) is 6.07 Å². The van der Waals surface area contributed by atoms with Crippen molar-refractivity contribution in [2.75, 3.05) is 13.6 Å². The van der Waals surface area contributed by atoms with E-state index in [9.17, 15) is 4.79 Å². The van der Waals surface area contributed by atoms with Gasteiger partial charge in [0.05, 0.1) is 0 Å². The molecule has 1 aromatic heterocycles. The lowest BCUT2D eigenvalue weighted by molar-refractivity contribution is 0.235. The fraction of sp³-hybridized carbons (Fsp3) is 0.273. The van der Waals surface area contributed by atoms with Gasteiger partial charge in [0.2, 0.25) is 0 Å². The average Bonchev–Trinajstić information content (AvgIpc) is 2.72. The van der Waals surface area contributed by atoms with Gasteiger partial charge in [-0.15, -0.1) is 0 Å². The Balaban J connectivity index is 2.06. The number of likely N-dealkylation sites (N-methyl/N-ethyl adjacent to an activating group) is 1. The van der Waals surface area contributed by atoms with E-state index < -0.39 is 0 Å². The monoisotopic (exact) mass is 282 g/mol. The Labute approximate surface area is 101 Å². The zero-order valence-electron chi connectivity index (χ0n) is 8.81. The average molecular weight is 283 g/mol. The Morgan fingerprint density at radius 1 is 1.56 bits per heavy atom. The molecule has 0 aliphatic rings. The summed E-state index contributed by atoms with van der Waals surface area (Å²) in [6.07, 6.45) is 2.23. The molecule has 0 radical (unpaired) electrons. The maximum absolute atomic E-state index is 11.0. The number of hydrogen-bond donors (Lipinski definition) is 0. The molecule has 0 unspecified atom stereocenters. The molecule has 16 heavy (non-hydrogen) atoms. The largest absolute Gasteiger partial charge is 0.443 e. The molecule has 0 aliphatic heterocycles. The number of nitrogens with zero attached hydrogens (tertiary/aromatic N) is 2. The van der Waals surface area contributed by atoms with Crippen LogP contribution in [0, 0.1) is 0 Å². The van der Waals surface area contributed by atoms with E-state index in [0.29, 0.717) is 6.54 Å². The topological polar surface area (TPSA) is 46.3 Å². The summed E-state index contributed by atoms with van der Waals surface area (Å²) in [6, 6.07) is 5.87. The van der Waals surface area contributed by atoms with Crippen LogP contribution in [0.5, 0.6) is 0 Å². The standard InChI is InChI=1S/C11H11BrN2O2/c1-14(11(12)15)5-4-8-2-3-9-10(6-8)16-7-13-9/h2-3,6-7H,4-5H2,1H3. The van der Waals surface area contributed by atoms with Crippen molar-refractivity contribution in [1.82, 2.24) is 9.88 Å². The van der Waals surface area contributed by atoms with Gasteiger partial charge >= 0.3 is 0 Å². The Morgan fingerprint density at radius 3 is 3.12 bits per heavy atom. The zero-order chi connectivity index (χ0) is 11.5. The number of fused-ring (bicyclic) bond motifs is 1. The van der Waals surface area contributed by atoms with Crippen LogP contribution in [0.4, 0.5) is 4.79 Å². The van der Waals surface area contributed by atoms with Gasteiger partial charge in [0.25, 0.3) is 4.82 Å². The minimum absolute atomic E-state index is 0.103. The third-order valence-corrected chi connectivity index (χ3v) is 3.04. The summed E-state index contributed by atoms with van der Waals surface area (Å²) in [7, 11) is 1.75. The second-order valence-corrected chi connectivity index (χ2v) is 4.26. The number of hydrogen-bond acceptors (Lipinski definition) is 3. The van der Waals surface area contributed by atoms with Crippen LogP contribution in [-0.4, -0.2) is 28.3 Å². The highest BCUT2D eigenvalue weighted by Crippen LogP contribution is 2.14. The lowest BCUT2D eigenvalue weighted by atomic mass is 10.1. The second-order valence-electron chi connectivity index (χ2n) is 3.58. The van der Waals surface area contributed by atoms with E-state index in [0.717, 1.165) is 23.1 Å². The maximum atomic E-state index is 11.0. The van der Waals surface area contributed by atoms with Crippen LogP contribution in [0.25, 0.3) is 11.1 Å². The quantitative estimate of drug-likeness (QED) is 0.642. The summed E-state index contributed by atoms with van der Waals surface area (Å²) in [5, 5.41) is 0. The lowest BCUT2D eigenvalue weighted by Crippen LogP contribution is -2.23. The molecule has 4 nitrogen and oxygen atoms in total. The summed E-state index contributed by atoms with van der Waals surface area (Å²) in [5.41, 5.74) is 2.77. The molecule has 0 saturated heterocycles. The molecule has 0 spiro atoms. The van der Waals surface area contributed by atoms with E-state index in [4.69, 9.17) is 4.42 Å². The molecule has 0 atom stereocenters. The second kappa shape index (κ2) is 4.65. The Hall–Kier alpha value is -1.36. The Morgan fingerprint density at radius 2 is 2.38 bits per heavy atom. The molecular formula is C11H11BrN2O2.